The van der Waals surface area contributed by atoms with Crippen molar-refractivity contribution in [1.29, 1.82) is 0 Å². The maximum Gasteiger partial charge on any atom is 0.326 e. The van der Waals surface area contributed by atoms with E-state index in [0.29, 0.717) is 64.6 Å². The van der Waals surface area contributed by atoms with E-state index in [-0.39, 0.29) is 5.92 Å². The molecule has 11 heteroatoms. The van der Waals surface area contributed by atoms with Gasteiger partial charge in [-0.05, 0) is 64.0 Å². The molecule has 0 saturated carbocycles. The third-order valence-electron chi connectivity index (χ3n) is 5.94. The third kappa shape index (κ3) is 9.26. The molecule has 4 atom stereocenters. The summed E-state index contributed by atoms with van der Waals surface area (Å²) in [4.78, 5) is 51.6. The number of unbranched alkanes of at least 4 members (excludes halogenated alkanes) is 2. The summed E-state index contributed by atoms with van der Waals surface area (Å²) in [5.41, 5.74) is 17.0. The van der Waals surface area contributed by atoms with E-state index in [1.54, 1.807) is 13.8 Å². The molecule has 0 unspecified atom stereocenters. The first-order valence-electron chi connectivity index (χ1n) is 11.9. The number of aliphatic carboxylic acids is 1. The van der Waals surface area contributed by atoms with E-state index in [1.165, 1.54) is 4.90 Å². The highest BCUT2D eigenvalue weighted by atomic mass is 16.4. The normalized spacial score (nSPS) is 18.6. The number of likely N-dealkylation sites (tertiary alicyclic amines) is 1. The number of nitrogens with one attached hydrogen (secondary N) is 2. The average molecular weight is 471 g/mol. The molecule has 0 aromatic heterocycles. The zero-order chi connectivity index (χ0) is 25.0. The van der Waals surface area contributed by atoms with Gasteiger partial charge in [-0.1, -0.05) is 20.3 Å². The van der Waals surface area contributed by atoms with Crippen molar-refractivity contribution in [2.45, 2.75) is 89.4 Å². The second-order valence-corrected chi connectivity index (χ2v) is 8.99. The summed E-state index contributed by atoms with van der Waals surface area (Å²) in [5.74, 6) is -2.67. The minimum atomic E-state index is -1.05. The zero-order valence-corrected chi connectivity index (χ0v) is 19.9. The van der Waals surface area contributed by atoms with Crippen LogP contribution in [-0.4, -0.2) is 77.5 Å². The Hall–Kier alpha value is -2.24. The van der Waals surface area contributed by atoms with Crippen LogP contribution < -0.4 is 27.8 Å². The Labute approximate surface area is 196 Å². The Kier molecular flexibility index (Phi) is 12.9. The second kappa shape index (κ2) is 14.8. The van der Waals surface area contributed by atoms with Crippen molar-refractivity contribution < 1.29 is 24.3 Å². The molecular formula is C22H42N6O5. The summed E-state index contributed by atoms with van der Waals surface area (Å²) in [6.45, 7) is 4.87. The van der Waals surface area contributed by atoms with Crippen LogP contribution in [-0.2, 0) is 19.2 Å². The largest absolute Gasteiger partial charge is 0.480 e. The van der Waals surface area contributed by atoms with Crippen LogP contribution in [0, 0.1) is 5.92 Å². The zero-order valence-electron chi connectivity index (χ0n) is 19.9. The van der Waals surface area contributed by atoms with Gasteiger partial charge in [0.05, 0.1) is 6.04 Å². The number of carbonyl (C=O) groups excluding carboxylic acids is 3. The molecule has 1 heterocycles. The molecule has 190 valence electrons. The maximum absolute atomic E-state index is 13.1. The molecule has 1 aliphatic heterocycles. The van der Waals surface area contributed by atoms with Gasteiger partial charge < -0.3 is 37.8 Å². The molecule has 1 rings (SSSR count). The van der Waals surface area contributed by atoms with Crippen LogP contribution in [0.25, 0.3) is 0 Å². The van der Waals surface area contributed by atoms with Crippen LogP contribution in [0.2, 0.25) is 0 Å². The molecule has 33 heavy (non-hydrogen) atoms. The summed E-state index contributed by atoms with van der Waals surface area (Å²) in [6, 6.07) is -3.41. The quantitative estimate of drug-likeness (QED) is 0.169. The molecular weight excluding hydrogens is 428 g/mol. The maximum atomic E-state index is 13.1. The Balaban J connectivity index is 2.89. The topological polar surface area (TPSA) is 194 Å². The number of nitrogens with zero attached hydrogens (tertiary/aromatic N) is 1. The SMILES string of the molecule is CC(C)[C@H](NC(=O)[C@H](CCCCN)NC(=O)[C@@H](N)CCCCN)C(=O)N1CCC[C@H]1C(=O)O. The first-order chi connectivity index (χ1) is 15.6. The van der Waals surface area contributed by atoms with E-state index in [0.717, 1.165) is 6.42 Å². The van der Waals surface area contributed by atoms with Gasteiger partial charge in [-0.25, -0.2) is 4.79 Å². The molecule has 0 aromatic rings. The second-order valence-electron chi connectivity index (χ2n) is 8.99. The standard InChI is InChI=1S/C22H42N6O5/c1-14(2)18(21(31)28-13-7-10-17(28)22(32)33)27-20(30)16(9-4-6-12-24)26-19(29)15(25)8-3-5-11-23/h14-18H,3-13,23-25H2,1-2H3,(H,26,29)(H,27,30)(H,32,33)/t15-,16-,17-,18-/m0/s1. The van der Waals surface area contributed by atoms with Gasteiger partial charge in [0.15, 0.2) is 0 Å². The number of carboxylic acid groups (broad SMARTS) is 1. The predicted octanol–water partition coefficient (Wildman–Crippen LogP) is -0.727. The fraction of sp³-hybridized carbons (Fsp3) is 0.818. The van der Waals surface area contributed by atoms with Crippen molar-refractivity contribution in [2.24, 2.45) is 23.1 Å². The summed E-state index contributed by atoms with van der Waals surface area (Å²) in [6.07, 6.45) is 4.56. The van der Waals surface area contributed by atoms with Crippen LogP contribution in [0.4, 0.5) is 0 Å². The van der Waals surface area contributed by atoms with Crippen LogP contribution >= 0.6 is 0 Å². The number of hydrogen-bond donors (Lipinski definition) is 6. The number of carbonyl (C=O) groups is 4. The van der Waals surface area contributed by atoms with Crippen molar-refractivity contribution in [3.05, 3.63) is 0 Å². The van der Waals surface area contributed by atoms with Crippen LogP contribution in [0.15, 0.2) is 0 Å². The molecule has 0 aliphatic carbocycles. The fourth-order valence-corrected chi connectivity index (χ4v) is 3.91. The number of amides is 3. The van der Waals surface area contributed by atoms with Crippen LogP contribution in [0.3, 0.4) is 0 Å². The van der Waals surface area contributed by atoms with E-state index in [1.807, 2.05) is 0 Å². The number of carboxylic acids is 1. The first kappa shape index (κ1) is 28.8. The molecule has 0 radical (unpaired) electrons. The molecule has 1 aliphatic rings. The van der Waals surface area contributed by atoms with E-state index in [9.17, 15) is 24.3 Å². The van der Waals surface area contributed by atoms with Crippen molar-refractivity contribution in [3.8, 4) is 0 Å². The number of rotatable bonds is 15. The van der Waals surface area contributed by atoms with E-state index in [4.69, 9.17) is 17.2 Å². The molecule has 1 fully saturated rings. The monoisotopic (exact) mass is 470 g/mol. The molecule has 1 saturated heterocycles. The first-order valence-corrected chi connectivity index (χ1v) is 11.9. The highest BCUT2D eigenvalue weighted by Gasteiger charge is 2.39. The van der Waals surface area contributed by atoms with Crippen molar-refractivity contribution in [1.82, 2.24) is 15.5 Å². The Morgan fingerprint density at radius 2 is 1.58 bits per heavy atom. The minimum Gasteiger partial charge on any atom is -0.480 e. The van der Waals surface area contributed by atoms with Gasteiger partial charge in [0.2, 0.25) is 17.7 Å². The van der Waals surface area contributed by atoms with Crippen LogP contribution in [0.1, 0.15) is 65.2 Å². The smallest absolute Gasteiger partial charge is 0.326 e. The fourth-order valence-electron chi connectivity index (χ4n) is 3.91. The average Bonchev–Trinajstić information content (AvgIpc) is 3.26. The molecule has 11 nitrogen and oxygen atoms in total. The molecule has 0 spiro atoms. The van der Waals surface area contributed by atoms with Gasteiger partial charge in [-0.2, -0.15) is 0 Å². The Morgan fingerprint density at radius 1 is 0.970 bits per heavy atom. The van der Waals surface area contributed by atoms with Crippen molar-refractivity contribution in [2.75, 3.05) is 19.6 Å². The van der Waals surface area contributed by atoms with Gasteiger partial charge in [-0.15, -0.1) is 0 Å². The lowest BCUT2D eigenvalue weighted by molar-refractivity contribution is -0.150. The van der Waals surface area contributed by atoms with E-state index < -0.39 is 47.9 Å². The highest BCUT2D eigenvalue weighted by molar-refractivity contribution is 5.94. The number of nitrogens with two attached hydrogens (primary N) is 3. The summed E-state index contributed by atoms with van der Waals surface area (Å²) in [5, 5.41) is 14.9. The van der Waals surface area contributed by atoms with Crippen molar-refractivity contribution in [3.63, 3.8) is 0 Å². The Bertz CT molecular complexity index is 659. The predicted molar refractivity (Wildman–Crippen MR) is 125 cm³/mol. The number of hydrogen-bond acceptors (Lipinski definition) is 7. The third-order valence-corrected chi connectivity index (χ3v) is 5.94. The lowest BCUT2D eigenvalue weighted by atomic mass is 10.0. The summed E-state index contributed by atoms with van der Waals surface area (Å²) in [7, 11) is 0. The summed E-state index contributed by atoms with van der Waals surface area (Å²) >= 11 is 0. The van der Waals surface area contributed by atoms with Gasteiger partial charge in [0, 0.05) is 6.54 Å². The van der Waals surface area contributed by atoms with Gasteiger partial charge in [-0.3, -0.25) is 14.4 Å². The summed E-state index contributed by atoms with van der Waals surface area (Å²) < 4.78 is 0. The Morgan fingerprint density at radius 3 is 2.12 bits per heavy atom. The molecule has 9 N–H and O–H groups in total. The van der Waals surface area contributed by atoms with Crippen LogP contribution in [0.5, 0.6) is 0 Å². The van der Waals surface area contributed by atoms with Crippen molar-refractivity contribution >= 4 is 23.7 Å². The molecule has 3 amide bonds. The van der Waals surface area contributed by atoms with E-state index in [2.05, 4.69) is 10.6 Å². The lowest BCUT2D eigenvalue weighted by Crippen LogP contribution is -2.58. The van der Waals surface area contributed by atoms with E-state index >= 15 is 0 Å². The minimum absolute atomic E-state index is 0.268. The van der Waals surface area contributed by atoms with Gasteiger partial charge in [0.25, 0.3) is 0 Å². The van der Waals surface area contributed by atoms with Gasteiger partial charge >= 0.3 is 5.97 Å². The molecule has 0 bridgehead atoms. The van der Waals surface area contributed by atoms with Gasteiger partial charge in [0.1, 0.15) is 18.1 Å². The highest BCUT2D eigenvalue weighted by Crippen LogP contribution is 2.20. The molecule has 0 aromatic carbocycles. The lowest BCUT2D eigenvalue weighted by Gasteiger charge is -2.30.